The van der Waals surface area contributed by atoms with Gasteiger partial charge in [0.15, 0.2) is 17.4 Å². The summed E-state index contributed by atoms with van der Waals surface area (Å²) in [4.78, 5) is 27.3. The first kappa shape index (κ1) is 24.0. The molecule has 0 unspecified atom stereocenters. The summed E-state index contributed by atoms with van der Waals surface area (Å²) < 4.78 is 5.61. The van der Waals surface area contributed by atoms with Crippen molar-refractivity contribution in [3.8, 4) is 17.1 Å². The molecule has 0 atom stereocenters. The molecule has 8 nitrogen and oxygen atoms in total. The van der Waals surface area contributed by atoms with Crippen molar-refractivity contribution in [1.29, 1.82) is 0 Å². The number of hydrogen-bond donors (Lipinski definition) is 1. The molecule has 0 saturated carbocycles. The number of pyridine rings is 1. The number of aromatic nitrogens is 3. The first-order valence-corrected chi connectivity index (χ1v) is 11.4. The van der Waals surface area contributed by atoms with Crippen LogP contribution in [0.4, 0.5) is 17.2 Å². The zero-order valence-electron chi connectivity index (χ0n) is 19.6. The van der Waals surface area contributed by atoms with E-state index in [1.54, 1.807) is 30.7 Å². The normalized spacial score (nSPS) is 14.0. The summed E-state index contributed by atoms with van der Waals surface area (Å²) in [5.74, 6) is 2.41. The third-order valence-corrected chi connectivity index (χ3v) is 5.26. The summed E-state index contributed by atoms with van der Waals surface area (Å²) in [6.07, 6.45) is 8.21. The number of anilines is 3. The minimum Gasteiger partial charge on any atom is -0.486 e. The van der Waals surface area contributed by atoms with E-state index >= 15 is 0 Å². The number of amides is 1. The van der Waals surface area contributed by atoms with Gasteiger partial charge in [0, 0.05) is 49.5 Å². The monoisotopic (exact) mass is 448 g/mol. The van der Waals surface area contributed by atoms with E-state index in [1.165, 1.54) is 18.5 Å². The van der Waals surface area contributed by atoms with Crippen LogP contribution in [0.5, 0.6) is 5.75 Å². The van der Waals surface area contributed by atoms with Crippen LogP contribution in [-0.4, -0.2) is 54.7 Å². The highest BCUT2D eigenvalue weighted by atomic mass is 16.5. The SMILES string of the molecule is CC.CN1CCOc2cnc(-c3cccc(N4CCCC4)c3)nc21.O=CNc1ccncc1. The summed E-state index contributed by atoms with van der Waals surface area (Å²) in [5.41, 5.74) is 3.09. The van der Waals surface area contributed by atoms with Gasteiger partial charge in [0.05, 0.1) is 12.7 Å². The van der Waals surface area contributed by atoms with Crippen LogP contribution in [0.3, 0.4) is 0 Å². The molecule has 1 amide bonds. The van der Waals surface area contributed by atoms with E-state index < -0.39 is 0 Å². The van der Waals surface area contributed by atoms with Gasteiger partial charge in [-0.3, -0.25) is 9.78 Å². The molecule has 1 saturated heterocycles. The average molecular weight is 449 g/mol. The van der Waals surface area contributed by atoms with Crippen LogP contribution in [0.1, 0.15) is 26.7 Å². The second kappa shape index (κ2) is 12.4. The highest BCUT2D eigenvalue weighted by Gasteiger charge is 2.19. The molecular formula is C25H32N6O2. The maximum absolute atomic E-state index is 9.84. The molecule has 8 heteroatoms. The Bertz CT molecular complexity index is 1010. The Morgan fingerprint density at radius 3 is 2.55 bits per heavy atom. The standard InChI is InChI=1S/C17H20N4O.C6H6N2O.C2H6/c1-20-9-10-22-15-12-18-16(19-17(15)20)13-5-4-6-14(11-13)21-7-2-3-8-21;9-5-8-6-1-3-7-4-2-6;1-2/h4-6,11-12H,2-3,7-10H2,1H3;1-5H,(H,7,8,9);1-2H3. The van der Waals surface area contributed by atoms with Crippen molar-refractivity contribution in [3.05, 3.63) is 55.0 Å². The number of ether oxygens (including phenoxy) is 1. The molecule has 2 aliphatic rings. The molecule has 2 aliphatic heterocycles. The van der Waals surface area contributed by atoms with Crippen LogP contribution in [0, 0.1) is 0 Å². The van der Waals surface area contributed by atoms with Crippen LogP contribution in [0.25, 0.3) is 11.4 Å². The molecule has 0 radical (unpaired) electrons. The number of likely N-dealkylation sites (N-methyl/N-ethyl adjacent to an activating group) is 1. The summed E-state index contributed by atoms with van der Waals surface area (Å²) >= 11 is 0. The van der Waals surface area contributed by atoms with Gasteiger partial charge in [-0.15, -0.1) is 0 Å². The quantitative estimate of drug-likeness (QED) is 0.598. The Morgan fingerprint density at radius 2 is 1.82 bits per heavy atom. The van der Waals surface area contributed by atoms with E-state index in [2.05, 4.69) is 49.4 Å². The molecule has 5 rings (SSSR count). The van der Waals surface area contributed by atoms with Gasteiger partial charge < -0.3 is 19.9 Å². The van der Waals surface area contributed by atoms with Crippen molar-refractivity contribution >= 4 is 23.6 Å². The van der Waals surface area contributed by atoms with Gasteiger partial charge in [0.1, 0.15) is 6.61 Å². The molecule has 2 aromatic heterocycles. The van der Waals surface area contributed by atoms with Gasteiger partial charge in [0.25, 0.3) is 0 Å². The zero-order valence-corrected chi connectivity index (χ0v) is 19.6. The van der Waals surface area contributed by atoms with Gasteiger partial charge in [0.2, 0.25) is 6.41 Å². The molecular weight excluding hydrogens is 416 g/mol. The topological polar surface area (TPSA) is 83.5 Å². The fraction of sp³-hybridized carbons (Fsp3) is 0.360. The first-order valence-electron chi connectivity index (χ1n) is 11.4. The minimum atomic E-state index is 0.634. The van der Waals surface area contributed by atoms with E-state index in [-0.39, 0.29) is 0 Å². The number of benzene rings is 1. The van der Waals surface area contributed by atoms with Crippen LogP contribution < -0.4 is 19.9 Å². The fourth-order valence-electron chi connectivity index (χ4n) is 3.61. The second-order valence-electron chi connectivity index (χ2n) is 7.39. The Morgan fingerprint density at radius 1 is 1.06 bits per heavy atom. The molecule has 1 fully saturated rings. The third kappa shape index (κ3) is 6.41. The van der Waals surface area contributed by atoms with Crippen molar-refractivity contribution < 1.29 is 9.53 Å². The van der Waals surface area contributed by atoms with Crippen LogP contribution >= 0.6 is 0 Å². The van der Waals surface area contributed by atoms with E-state index in [4.69, 9.17) is 9.72 Å². The summed E-state index contributed by atoms with van der Waals surface area (Å²) in [6, 6.07) is 12.0. The number of rotatable bonds is 4. The summed E-state index contributed by atoms with van der Waals surface area (Å²) in [6.45, 7) is 7.84. The minimum absolute atomic E-state index is 0.634. The lowest BCUT2D eigenvalue weighted by atomic mass is 10.1. The number of carbonyl (C=O) groups excluding carboxylic acids is 1. The van der Waals surface area contributed by atoms with Gasteiger partial charge >= 0.3 is 0 Å². The molecule has 0 spiro atoms. The maximum atomic E-state index is 9.84. The van der Waals surface area contributed by atoms with Gasteiger partial charge in [-0.25, -0.2) is 9.97 Å². The molecule has 174 valence electrons. The van der Waals surface area contributed by atoms with E-state index in [1.807, 2.05) is 20.9 Å². The Hall–Kier alpha value is -3.68. The number of hydrogen-bond acceptors (Lipinski definition) is 7. The lowest BCUT2D eigenvalue weighted by molar-refractivity contribution is -0.105. The highest BCUT2D eigenvalue weighted by molar-refractivity contribution is 5.70. The van der Waals surface area contributed by atoms with Crippen molar-refractivity contribution in [1.82, 2.24) is 15.0 Å². The largest absolute Gasteiger partial charge is 0.486 e. The van der Waals surface area contributed by atoms with Crippen molar-refractivity contribution in [2.24, 2.45) is 0 Å². The molecule has 1 aromatic carbocycles. The van der Waals surface area contributed by atoms with Gasteiger partial charge in [-0.2, -0.15) is 0 Å². The molecule has 1 N–H and O–H groups in total. The fourth-order valence-corrected chi connectivity index (χ4v) is 3.61. The summed E-state index contributed by atoms with van der Waals surface area (Å²) in [7, 11) is 2.04. The molecule has 0 bridgehead atoms. The average Bonchev–Trinajstić information content (AvgIpc) is 3.42. The number of carbonyl (C=O) groups is 1. The van der Waals surface area contributed by atoms with Crippen LogP contribution in [0.2, 0.25) is 0 Å². The number of nitrogens with one attached hydrogen (secondary N) is 1. The summed E-state index contributed by atoms with van der Waals surface area (Å²) in [5, 5.41) is 2.49. The van der Waals surface area contributed by atoms with Crippen molar-refractivity contribution in [3.63, 3.8) is 0 Å². The molecule has 0 aliphatic carbocycles. The Kier molecular flexibility index (Phi) is 8.99. The maximum Gasteiger partial charge on any atom is 0.211 e. The van der Waals surface area contributed by atoms with Crippen LogP contribution in [-0.2, 0) is 4.79 Å². The van der Waals surface area contributed by atoms with Crippen LogP contribution in [0.15, 0.2) is 55.0 Å². The predicted octanol–water partition coefficient (Wildman–Crippen LogP) is 4.25. The van der Waals surface area contributed by atoms with E-state index in [9.17, 15) is 4.79 Å². The second-order valence-corrected chi connectivity index (χ2v) is 7.39. The number of fused-ring (bicyclic) bond motifs is 1. The smallest absolute Gasteiger partial charge is 0.211 e. The van der Waals surface area contributed by atoms with Crippen molar-refractivity contribution in [2.45, 2.75) is 26.7 Å². The third-order valence-electron chi connectivity index (χ3n) is 5.26. The Balaban J connectivity index is 0.000000234. The first-order chi connectivity index (χ1) is 16.2. The van der Waals surface area contributed by atoms with Gasteiger partial charge in [-0.05, 0) is 37.1 Å². The lowest BCUT2D eigenvalue weighted by Crippen LogP contribution is -2.30. The molecule has 3 aromatic rings. The zero-order chi connectivity index (χ0) is 23.5. The Labute approximate surface area is 195 Å². The van der Waals surface area contributed by atoms with E-state index in [0.29, 0.717) is 13.0 Å². The van der Waals surface area contributed by atoms with Crippen molar-refractivity contribution in [2.75, 3.05) is 48.4 Å². The molecule has 33 heavy (non-hydrogen) atoms. The predicted molar refractivity (Wildman–Crippen MR) is 133 cm³/mol. The molecule has 4 heterocycles. The number of nitrogens with zero attached hydrogens (tertiary/aromatic N) is 5. The highest BCUT2D eigenvalue weighted by Crippen LogP contribution is 2.31. The lowest BCUT2D eigenvalue weighted by Gasteiger charge is -2.26. The van der Waals surface area contributed by atoms with E-state index in [0.717, 1.165) is 48.3 Å². The van der Waals surface area contributed by atoms with Gasteiger partial charge in [-0.1, -0.05) is 26.0 Å².